The molecule has 1 heterocycles. The molecule has 1 rings (SSSR count). The maximum atomic E-state index is 11.5. The second kappa shape index (κ2) is 5.11. The van der Waals surface area contributed by atoms with E-state index >= 15 is 0 Å². The minimum absolute atomic E-state index is 0.147. The van der Waals surface area contributed by atoms with Crippen LogP contribution in [0.3, 0.4) is 0 Å². The number of carbonyl (C=O) groups is 2. The summed E-state index contributed by atoms with van der Waals surface area (Å²) in [6, 6.07) is 0. The molecule has 1 aliphatic rings. The maximum absolute atomic E-state index is 11.5. The van der Waals surface area contributed by atoms with Crippen molar-refractivity contribution in [3.63, 3.8) is 0 Å². The Hall–Kier alpha value is -1.10. The molecule has 0 N–H and O–H groups in total. The molecule has 5 nitrogen and oxygen atoms in total. The smallest absolute Gasteiger partial charge is 0.350 e. The van der Waals surface area contributed by atoms with Gasteiger partial charge in [-0.15, -0.1) is 0 Å². The lowest BCUT2D eigenvalue weighted by molar-refractivity contribution is -0.166. The van der Waals surface area contributed by atoms with Gasteiger partial charge in [0.25, 0.3) is 0 Å². The summed E-state index contributed by atoms with van der Waals surface area (Å²) in [5, 5.41) is 0. The zero-order chi connectivity index (χ0) is 11.4. The van der Waals surface area contributed by atoms with Crippen LogP contribution in [-0.2, 0) is 23.8 Å². The van der Waals surface area contributed by atoms with Gasteiger partial charge >= 0.3 is 11.9 Å². The van der Waals surface area contributed by atoms with Crippen LogP contribution in [0.25, 0.3) is 0 Å². The van der Waals surface area contributed by atoms with Gasteiger partial charge in [-0.05, 0) is 6.42 Å². The Morgan fingerprint density at radius 1 is 1.67 bits per heavy atom. The number of carbonyl (C=O) groups excluding carboxylic acids is 2. The van der Waals surface area contributed by atoms with E-state index in [1.54, 1.807) is 6.92 Å². The zero-order valence-electron chi connectivity index (χ0n) is 9.19. The fourth-order valence-electron chi connectivity index (χ4n) is 1.21. The standard InChI is InChI=1S/C10H16O5/c1-4-6(2)9(11)15-8-7(13-3)5-14-10(8)12/h6-8H,4-5H2,1-3H3. The molecule has 0 aromatic carbocycles. The van der Waals surface area contributed by atoms with Crippen LogP contribution in [0.2, 0.25) is 0 Å². The Morgan fingerprint density at radius 2 is 2.33 bits per heavy atom. The summed E-state index contributed by atoms with van der Waals surface area (Å²) < 4.78 is 14.8. The second-order valence-electron chi connectivity index (χ2n) is 3.57. The molecule has 5 heteroatoms. The van der Waals surface area contributed by atoms with E-state index in [4.69, 9.17) is 14.2 Å². The van der Waals surface area contributed by atoms with Crippen LogP contribution >= 0.6 is 0 Å². The Bertz CT molecular complexity index is 250. The van der Waals surface area contributed by atoms with E-state index in [1.807, 2.05) is 6.92 Å². The van der Waals surface area contributed by atoms with Gasteiger partial charge in [0.05, 0.1) is 5.92 Å². The van der Waals surface area contributed by atoms with Gasteiger partial charge in [-0.3, -0.25) is 4.79 Å². The molecule has 1 aliphatic heterocycles. The fourth-order valence-corrected chi connectivity index (χ4v) is 1.21. The van der Waals surface area contributed by atoms with Crippen molar-refractivity contribution in [3.05, 3.63) is 0 Å². The molecular weight excluding hydrogens is 200 g/mol. The molecule has 0 bridgehead atoms. The normalized spacial score (nSPS) is 27.3. The number of rotatable bonds is 4. The summed E-state index contributed by atoms with van der Waals surface area (Å²) in [5.74, 6) is -1.13. The molecule has 0 aromatic heterocycles. The van der Waals surface area contributed by atoms with Gasteiger partial charge in [-0.2, -0.15) is 0 Å². The molecule has 3 unspecified atom stereocenters. The van der Waals surface area contributed by atoms with Crippen molar-refractivity contribution >= 4 is 11.9 Å². The summed E-state index contributed by atoms with van der Waals surface area (Å²) in [4.78, 5) is 22.7. The van der Waals surface area contributed by atoms with E-state index in [1.165, 1.54) is 7.11 Å². The third kappa shape index (κ3) is 2.68. The third-order valence-electron chi connectivity index (χ3n) is 2.52. The third-order valence-corrected chi connectivity index (χ3v) is 2.52. The van der Waals surface area contributed by atoms with Crippen molar-refractivity contribution in [2.45, 2.75) is 32.5 Å². The molecule has 0 spiro atoms. The first kappa shape index (κ1) is 12.0. The van der Waals surface area contributed by atoms with Crippen LogP contribution in [0.4, 0.5) is 0 Å². The molecule has 0 radical (unpaired) electrons. The predicted molar refractivity (Wildman–Crippen MR) is 51.1 cm³/mol. The summed E-state index contributed by atoms with van der Waals surface area (Å²) >= 11 is 0. The minimum atomic E-state index is -0.906. The van der Waals surface area contributed by atoms with Crippen LogP contribution in [0.1, 0.15) is 20.3 Å². The van der Waals surface area contributed by atoms with Gasteiger partial charge < -0.3 is 14.2 Å². The van der Waals surface area contributed by atoms with Crippen LogP contribution in [0.15, 0.2) is 0 Å². The van der Waals surface area contributed by atoms with Crippen molar-refractivity contribution in [2.75, 3.05) is 13.7 Å². The Labute approximate surface area is 88.7 Å². The monoisotopic (exact) mass is 216 g/mol. The number of methoxy groups -OCH3 is 1. The van der Waals surface area contributed by atoms with Gasteiger partial charge in [0.2, 0.25) is 6.10 Å². The summed E-state index contributed by atoms with van der Waals surface area (Å²) in [5.41, 5.74) is 0. The van der Waals surface area contributed by atoms with E-state index in [0.717, 1.165) is 0 Å². The summed E-state index contributed by atoms with van der Waals surface area (Å²) in [6.45, 7) is 3.78. The minimum Gasteiger partial charge on any atom is -0.460 e. The first-order valence-corrected chi connectivity index (χ1v) is 5.00. The highest BCUT2D eigenvalue weighted by Gasteiger charge is 2.40. The van der Waals surface area contributed by atoms with Crippen molar-refractivity contribution < 1.29 is 23.8 Å². The quantitative estimate of drug-likeness (QED) is 0.641. The average Bonchev–Trinajstić information content (AvgIpc) is 2.59. The van der Waals surface area contributed by atoms with E-state index in [9.17, 15) is 9.59 Å². The molecule has 15 heavy (non-hydrogen) atoms. The molecule has 0 saturated carbocycles. The maximum Gasteiger partial charge on any atom is 0.350 e. The lowest BCUT2D eigenvalue weighted by Crippen LogP contribution is -2.35. The number of hydrogen-bond donors (Lipinski definition) is 0. The molecule has 86 valence electrons. The van der Waals surface area contributed by atoms with Crippen LogP contribution in [0.5, 0.6) is 0 Å². The lowest BCUT2D eigenvalue weighted by atomic mass is 10.1. The largest absolute Gasteiger partial charge is 0.460 e. The van der Waals surface area contributed by atoms with E-state index in [2.05, 4.69) is 0 Å². The van der Waals surface area contributed by atoms with Crippen molar-refractivity contribution in [1.29, 1.82) is 0 Å². The van der Waals surface area contributed by atoms with Crippen LogP contribution in [0, 0.1) is 5.92 Å². The van der Waals surface area contributed by atoms with Crippen molar-refractivity contribution in [3.8, 4) is 0 Å². The number of ether oxygens (including phenoxy) is 3. The Morgan fingerprint density at radius 3 is 2.87 bits per heavy atom. The predicted octanol–water partition coefficient (Wildman–Crippen LogP) is 0.516. The Balaban J connectivity index is 2.55. The average molecular weight is 216 g/mol. The van der Waals surface area contributed by atoms with Gasteiger partial charge in [0.15, 0.2) is 0 Å². The highest BCUT2D eigenvalue weighted by molar-refractivity contribution is 5.82. The van der Waals surface area contributed by atoms with Crippen molar-refractivity contribution in [2.24, 2.45) is 5.92 Å². The number of hydrogen-bond acceptors (Lipinski definition) is 5. The molecule has 1 saturated heterocycles. The second-order valence-corrected chi connectivity index (χ2v) is 3.57. The van der Waals surface area contributed by atoms with Crippen LogP contribution in [-0.4, -0.2) is 37.9 Å². The van der Waals surface area contributed by atoms with Crippen LogP contribution < -0.4 is 0 Å². The van der Waals surface area contributed by atoms with Gasteiger partial charge in [0.1, 0.15) is 12.7 Å². The van der Waals surface area contributed by atoms with E-state index in [-0.39, 0.29) is 18.5 Å². The first-order valence-electron chi connectivity index (χ1n) is 5.00. The van der Waals surface area contributed by atoms with E-state index in [0.29, 0.717) is 6.42 Å². The number of esters is 2. The Kier molecular flexibility index (Phi) is 4.08. The van der Waals surface area contributed by atoms with Crippen molar-refractivity contribution in [1.82, 2.24) is 0 Å². The SMILES string of the molecule is CCC(C)C(=O)OC1C(=O)OCC1OC. The van der Waals surface area contributed by atoms with Gasteiger partial charge in [-0.25, -0.2) is 4.79 Å². The molecule has 0 aromatic rings. The zero-order valence-corrected chi connectivity index (χ0v) is 9.19. The highest BCUT2D eigenvalue weighted by atomic mass is 16.6. The summed E-state index contributed by atoms with van der Waals surface area (Å²) in [6.07, 6.45) is -0.708. The number of cyclic esters (lactones) is 1. The fraction of sp³-hybridized carbons (Fsp3) is 0.800. The van der Waals surface area contributed by atoms with Gasteiger partial charge in [-0.1, -0.05) is 13.8 Å². The lowest BCUT2D eigenvalue weighted by Gasteiger charge is -2.16. The molecular formula is C10H16O5. The van der Waals surface area contributed by atoms with Gasteiger partial charge in [0, 0.05) is 7.11 Å². The topological polar surface area (TPSA) is 61.8 Å². The molecule has 0 amide bonds. The van der Waals surface area contributed by atoms with E-state index < -0.39 is 18.2 Å². The highest BCUT2D eigenvalue weighted by Crippen LogP contribution is 2.16. The molecule has 0 aliphatic carbocycles. The molecule has 3 atom stereocenters. The molecule has 1 fully saturated rings. The summed E-state index contributed by atoms with van der Waals surface area (Å²) in [7, 11) is 1.46. The first-order chi connectivity index (χ1) is 7.10.